The number of carboxylic acids is 1. The summed E-state index contributed by atoms with van der Waals surface area (Å²) in [5, 5.41) is 9.05. The second kappa shape index (κ2) is 5.27. The van der Waals surface area contributed by atoms with Gasteiger partial charge in [0, 0.05) is 17.7 Å². The van der Waals surface area contributed by atoms with Crippen molar-refractivity contribution in [1.82, 2.24) is 4.90 Å². The number of carbonyl (C=O) groups is 2. The normalized spacial score (nSPS) is 33.7. The Labute approximate surface area is 105 Å². The summed E-state index contributed by atoms with van der Waals surface area (Å²) in [5.74, 6) is 0.0155. The van der Waals surface area contributed by atoms with E-state index in [-0.39, 0.29) is 17.9 Å². The van der Waals surface area contributed by atoms with Crippen LogP contribution in [0.25, 0.3) is 0 Å². The van der Waals surface area contributed by atoms with Gasteiger partial charge in [-0.2, -0.15) is 0 Å². The van der Waals surface area contributed by atoms with E-state index in [4.69, 9.17) is 10.8 Å². The molecule has 3 unspecified atom stereocenters. The van der Waals surface area contributed by atoms with Crippen LogP contribution < -0.4 is 5.73 Å². The van der Waals surface area contributed by atoms with Gasteiger partial charge in [-0.1, -0.05) is 6.42 Å². The van der Waals surface area contributed by atoms with E-state index < -0.39 is 12.0 Å². The standard InChI is InChI=1S/C11H18N2O3S/c12-8-3-1-2-7(4-8)10(14)13-6-17-5-9(13)11(15)16/h7-9H,1-6,12H2,(H,15,16). The minimum atomic E-state index is -0.900. The number of hydrogen-bond donors (Lipinski definition) is 2. The van der Waals surface area contributed by atoms with E-state index >= 15 is 0 Å². The van der Waals surface area contributed by atoms with E-state index in [1.165, 1.54) is 16.7 Å². The number of carbonyl (C=O) groups excluding carboxylic acids is 1. The van der Waals surface area contributed by atoms with Crippen LogP contribution in [-0.2, 0) is 9.59 Å². The van der Waals surface area contributed by atoms with Crippen LogP contribution in [-0.4, -0.2) is 45.6 Å². The average Bonchev–Trinajstić information content (AvgIpc) is 2.77. The molecule has 3 atom stereocenters. The molecule has 1 amide bonds. The highest BCUT2D eigenvalue weighted by atomic mass is 32.2. The van der Waals surface area contributed by atoms with E-state index in [1.807, 2.05) is 0 Å². The second-order valence-electron chi connectivity index (χ2n) is 4.79. The van der Waals surface area contributed by atoms with Gasteiger partial charge in [0.05, 0.1) is 5.88 Å². The first-order chi connectivity index (χ1) is 8.09. The van der Waals surface area contributed by atoms with Gasteiger partial charge >= 0.3 is 5.97 Å². The van der Waals surface area contributed by atoms with E-state index in [9.17, 15) is 9.59 Å². The molecule has 0 aromatic rings. The van der Waals surface area contributed by atoms with Crippen molar-refractivity contribution in [2.24, 2.45) is 11.7 Å². The third-order valence-corrected chi connectivity index (χ3v) is 4.53. The van der Waals surface area contributed by atoms with E-state index in [2.05, 4.69) is 0 Å². The first-order valence-electron chi connectivity index (χ1n) is 5.96. The van der Waals surface area contributed by atoms with Crippen LogP contribution in [0, 0.1) is 5.92 Å². The number of nitrogens with two attached hydrogens (primary N) is 1. The molecular formula is C11H18N2O3S. The minimum Gasteiger partial charge on any atom is -0.480 e. The number of thioether (sulfide) groups is 1. The summed E-state index contributed by atoms with van der Waals surface area (Å²) in [6, 6.07) is -0.554. The summed E-state index contributed by atoms with van der Waals surface area (Å²) < 4.78 is 0. The Bertz CT molecular complexity index is 324. The number of rotatable bonds is 2. The zero-order chi connectivity index (χ0) is 12.4. The number of amides is 1. The molecule has 1 saturated heterocycles. The maximum Gasteiger partial charge on any atom is 0.327 e. The smallest absolute Gasteiger partial charge is 0.327 e. The van der Waals surface area contributed by atoms with Gasteiger partial charge in [0.1, 0.15) is 6.04 Å². The molecule has 3 N–H and O–H groups in total. The molecule has 0 aromatic heterocycles. The van der Waals surface area contributed by atoms with Crippen molar-refractivity contribution >= 4 is 23.6 Å². The molecule has 0 bridgehead atoms. The van der Waals surface area contributed by atoms with Crippen molar-refractivity contribution in [3.63, 3.8) is 0 Å². The van der Waals surface area contributed by atoms with E-state index in [0.717, 1.165) is 19.3 Å². The van der Waals surface area contributed by atoms with Crippen molar-refractivity contribution in [3.8, 4) is 0 Å². The quantitative estimate of drug-likeness (QED) is 0.753. The highest BCUT2D eigenvalue weighted by Crippen LogP contribution is 2.29. The van der Waals surface area contributed by atoms with E-state index in [1.54, 1.807) is 0 Å². The first kappa shape index (κ1) is 12.7. The highest BCUT2D eigenvalue weighted by molar-refractivity contribution is 7.99. The van der Waals surface area contributed by atoms with Crippen molar-refractivity contribution in [2.75, 3.05) is 11.6 Å². The Balaban J connectivity index is 2.01. The SMILES string of the molecule is NC1CCCC(C(=O)N2CSCC2C(=O)O)C1. The molecule has 1 saturated carbocycles. The maximum atomic E-state index is 12.3. The predicted molar refractivity (Wildman–Crippen MR) is 65.5 cm³/mol. The Morgan fingerprint density at radius 2 is 2.12 bits per heavy atom. The van der Waals surface area contributed by atoms with Gasteiger partial charge in [-0.25, -0.2) is 4.79 Å². The molecule has 96 valence electrons. The first-order valence-corrected chi connectivity index (χ1v) is 7.11. The third-order valence-electron chi connectivity index (χ3n) is 3.51. The van der Waals surface area contributed by atoms with Crippen molar-refractivity contribution < 1.29 is 14.7 Å². The molecule has 2 aliphatic rings. The van der Waals surface area contributed by atoms with Crippen molar-refractivity contribution in [1.29, 1.82) is 0 Å². The van der Waals surface area contributed by atoms with Crippen LogP contribution >= 0.6 is 11.8 Å². The van der Waals surface area contributed by atoms with Gasteiger partial charge in [-0.15, -0.1) is 11.8 Å². The Kier molecular flexibility index (Phi) is 3.93. The van der Waals surface area contributed by atoms with Crippen LogP contribution in [0.5, 0.6) is 0 Å². The summed E-state index contributed by atoms with van der Waals surface area (Å²) in [6.07, 6.45) is 3.49. The lowest BCUT2D eigenvalue weighted by Gasteiger charge is -2.30. The monoisotopic (exact) mass is 258 g/mol. The van der Waals surface area contributed by atoms with Crippen LogP contribution in [0.3, 0.4) is 0 Å². The van der Waals surface area contributed by atoms with Gasteiger partial charge in [-0.05, 0) is 19.3 Å². The molecule has 1 heterocycles. The van der Waals surface area contributed by atoms with E-state index in [0.29, 0.717) is 18.1 Å². The van der Waals surface area contributed by atoms with Gasteiger partial charge < -0.3 is 15.7 Å². The lowest BCUT2D eigenvalue weighted by molar-refractivity contribution is -0.150. The van der Waals surface area contributed by atoms with Crippen LogP contribution in [0.4, 0.5) is 0 Å². The molecule has 0 spiro atoms. The number of carboxylic acid groups (broad SMARTS) is 1. The molecular weight excluding hydrogens is 240 g/mol. The minimum absolute atomic E-state index is 0.0162. The predicted octanol–water partition coefficient (Wildman–Crippen LogP) is 0.490. The maximum absolute atomic E-state index is 12.3. The van der Waals surface area contributed by atoms with Gasteiger partial charge in [0.2, 0.25) is 5.91 Å². The average molecular weight is 258 g/mol. The van der Waals surface area contributed by atoms with Gasteiger partial charge in [-0.3, -0.25) is 4.79 Å². The summed E-state index contributed by atoms with van der Waals surface area (Å²) in [7, 11) is 0. The summed E-state index contributed by atoms with van der Waals surface area (Å²) in [5.41, 5.74) is 5.86. The Hall–Kier alpha value is -0.750. The van der Waals surface area contributed by atoms with Gasteiger partial charge in [0.25, 0.3) is 0 Å². The third kappa shape index (κ3) is 2.74. The number of hydrogen-bond acceptors (Lipinski definition) is 4. The number of aliphatic carboxylic acids is 1. The molecule has 1 aliphatic carbocycles. The summed E-state index contributed by atoms with van der Waals surface area (Å²) in [6.45, 7) is 0. The fourth-order valence-corrected chi connectivity index (χ4v) is 3.71. The zero-order valence-corrected chi connectivity index (χ0v) is 10.5. The molecule has 6 heteroatoms. The molecule has 1 aliphatic heterocycles. The van der Waals surface area contributed by atoms with Gasteiger partial charge in [0.15, 0.2) is 0 Å². The fraction of sp³-hybridized carbons (Fsp3) is 0.818. The summed E-state index contributed by atoms with van der Waals surface area (Å²) in [4.78, 5) is 24.8. The highest BCUT2D eigenvalue weighted by Gasteiger charge is 2.38. The molecule has 2 fully saturated rings. The topological polar surface area (TPSA) is 83.6 Å². The molecule has 2 rings (SSSR count). The lowest BCUT2D eigenvalue weighted by atomic mass is 9.85. The Morgan fingerprint density at radius 3 is 2.76 bits per heavy atom. The summed E-state index contributed by atoms with van der Waals surface area (Å²) >= 11 is 1.50. The largest absolute Gasteiger partial charge is 0.480 e. The number of nitrogens with zero attached hydrogens (tertiary/aromatic N) is 1. The molecule has 0 aromatic carbocycles. The molecule has 0 radical (unpaired) electrons. The fourth-order valence-electron chi connectivity index (χ4n) is 2.55. The van der Waals surface area contributed by atoms with Crippen molar-refractivity contribution in [3.05, 3.63) is 0 Å². The van der Waals surface area contributed by atoms with Crippen molar-refractivity contribution in [2.45, 2.75) is 37.8 Å². The lowest BCUT2D eigenvalue weighted by Crippen LogP contribution is -2.46. The van der Waals surface area contributed by atoms with Crippen LogP contribution in [0.1, 0.15) is 25.7 Å². The molecule has 17 heavy (non-hydrogen) atoms. The zero-order valence-electron chi connectivity index (χ0n) is 9.67. The second-order valence-corrected chi connectivity index (χ2v) is 5.79. The Morgan fingerprint density at radius 1 is 1.35 bits per heavy atom. The van der Waals surface area contributed by atoms with Crippen LogP contribution in [0.2, 0.25) is 0 Å². The molecule has 5 nitrogen and oxygen atoms in total. The van der Waals surface area contributed by atoms with Crippen LogP contribution in [0.15, 0.2) is 0 Å².